The van der Waals surface area contributed by atoms with Crippen molar-refractivity contribution < 1.29 is 4.74 Å². The molecule has 1 aliphatic rings. The lowest BCUT2D eigenvalue weighted by Crippen LogP contribution is -2.34. The molecule has 1 aliphatic carbocycles. The summed E-state index contributed by atoms with van der Waals surface area (Å²) in [7, 11) is 1.82. The van der Waals surface area contributed by atoms with Crippen molar-refractivity contribution in [2.75, 3.05) is 13.7 Å². The largest absolute Gasteiger partial charge is 0.379 e. The molecule has 0 saturated heterocycles. The maximum absolute atomic E-state index is 5.53. The second-order valence-electron chi connectivity index (χ2n) is 6.54. The minimum absolute atomic E-state index is 0.0296. The first-order chi connectivity index (χ1) is 8.57. The van der Waals surface area contributed by atoms with E-state index in [0.717, 1.165) is 18.9 Å². The second-order valence-corrected chi connectivity index (χ2v) is 6.54. The lowest BCUT2D eigenvalue weighted by Gasteiger charge is -2.28. The summed E-state index contributed by atoms with van der Waals surface area (Å²) in [5, 5.41) is 3.74. The number of ether oxygens (including phenoxy) is 1. The van der Waals surface area contributed by atoms with Gasteiger partial charge in [0.2, 0.25) is 0 Å². The van der Waals surface area contributed by atoms with Crippen LogP contribution >= 0.6 is 0 Å². The van der Waals surface area contributed by atoms with Crippen molar-refractivity contribution in [1.29, 1.82) is 0 Å². The Hall–Kier alpha value is -0.0800. The first kappa shape index (κ1) is 16.0. The lowest BCUT2D eigenvalue weighted by atomic mass is 9.92. The highest BCUT2D eigenvalue weighted by Gasteiger charge is 2.23. The summed E-state index contributed by atoms with van der Waals surface area (Å²) >= 11 is 0. The molecule has 0 aromatic rings. The Balaban J connectivity index is 2.34. The van der Waals surface area contributed by atoms with Crippen LogP contribution in [0, 0.1) is 5.92 Å². The molecule has 0 bridgehead atoms. The average Bonchev–Trinajstić information content (AvgIpc) is 2.85. The molecule has 2 nitrogen and oxygen atoms in total. The molecule has 1 atom stereocenters. The fraction of sp³-hybridized carbons (Fsp3) is 1.00. The number of methoxy groups -OCH3 is 1. The van der Waals surface area contributed by atoms with Crippen LogP contribution in [0.15, 0.2) is 0 Å². The summed E-state index contributed by atoms with van der Waals surface area (Å²) in [4.78, 5) is 0. The van der Waals surface area contributed by atoms with Gasteiger partial charge in [-0.1, -0.05) is 32.6 Å². The van der Waals surface area contributed by atoms with Gasteiger partial charge in [-0.25, -0.2) is 0 Å². The minimum atomic E-state index is 0.0296. The summed E-state index contributed by atoms with van der Waals surface area (Å²) in [5.41, 5.74) is 0.0296. The molecular weight excluding hydrogens is 222 g/mol. The molecule has 1 rings (SSSR count). The van der Waals surface area contributed by atoms with Crippen molar-refractivity contribution >= 4 is 0 Å². The molecule has 0 spiro atoms. The van der Waals surface area contributed by atoms with Crippen molar-refractivity contribution in [3.8, 4) is 0 Å². The van der Waals surface area contributed by atoms with Crippen LogP contribution < -0.4 is 5.32 Å². The quantitative estimate of drug-likeness (QED) is 0.668. The molecule has 108 valence electrons. The van der Waals surface area contributed by atoms with Crippen LogP contribution in [0.5, 0.6) is 0 Å². The van der Waals surface area contributed by atoms with Gasteiger partial charge in [0.05, 0.1) is 5.60 Å². The van der Waals surface area contributed by atoms with Crippen LogP contribution in [0.25, 0.3) is 0 Å². The second kappa shape index (κ2) is 8.16. The number of hydrogen-bond donors (Lipinski definition) is 1. The SMILES string of the molecule is CCCNC(CCC(C)(C)OC)CC1CCCC1. The third kappa shape index (κ3) is 6.19. The van der Waals surface area contributed by atoms with Crippen LogP contribution in [-0.4, -0.2) is 25.3 Å². The van der Waals surface area contributed by atoms with E-state index < -0.39 is 0 Å². The van der Waals surface area contributed by atoms with E-state index in [9.17, 15) is 0 Å². The average molecular weight is 255 g/mol. The van der Waals surface area contributed by atoms with Gasteiger partial charge in [0.25, 0.3) is 0 Å². The molecule has 2 heteroatoms. The molecule has 1 fully saturated rings. The predicted molar refractivity (Wildman–Crippen MR) is 79.0 cm³/mol. The van der Waals surface area contributed by atoms with E-state index in [2.05, 4.69) is 26.1 Å². The van der Waals surface area contributed by atoms with Crippen molar-refractivity contribution in [1.82, 2.24) is 5.32 Å². The molecule has 0 aliphatic heterocycles. The van der Waals surface area contributed by atoms with Gasteiger partial charge in [0, 0.05) is 13.2 Å². The zero-order chi connectivity index (χ0) is 13.4. The summed E-state index contributed by atoms with van der Waals surface area (Å²) < 4.78 is 5.53. The molecule has 18 heavy (non-hydrogen) atoms. The van der Waals surface area contributed by atoms with Crippen LogP contribution in [0.4, 0.5) is 0 Å². The van der Waals surface area contributed by atoms with Gasteiger partial charge < -0.3 is 10.1 Å². The number of rotatable bonds is 9. The summed E-state index contributed by atoms with van der Waals surface area (Å²) in [5.74, 6) is 0.977. The first-order valence-corrected chi connectivity index (χ1v) is 7.86. The Morgan fingerprint density at radius 2 is 1.94 bits per heavy atom. The van der Waals surface area contributed by atoms with E-state index in [1.807, 2.05) is 7.11 Å². The van der Waals surface area contributed by atoms with Gasteiger partial charge in [0.1, 0.15) is 0 Å². The number of nitrogens with one attached hydrogen (secondary N) is 1. The maximum atomic E-state index is 5.53. The topological polar surface area (TPSA) is 21.3 Å². The van der Waals surface area contributed by atoms with E-state index in [1.165, 1.54) is 44.9 Å². The van der Waals surface area contributed by atoms with Crippen molar-refractivity contribution in [2.45, 2.75) is 83.8 Å². The van der Waals surface area contributed by atoms with Crippen molar-refractivity contribution in [2.24, 2.45) is 5.92 Å². The van der Waals surface area contributed by atoms with Gasteiger partial charge in [0.15, 0.2) is 0 Å². The van der Waals surface area contributed by atoms with Crippen LogP contribution in [0.3, 0.4) is 0 Å². The molecule has 1 unspecified atom stereocenters. The minimum Gasteiger partial charge on any atom is -0.379 e. The zero-order valence-corrected chi connectivity index (χ0v) is 12.9. The Morgan fingerprint density at radius 3 is 2.50 bits per heavy atom. The van der Waals surface area contributed by atoms with E-state index >= 15 is 0 Å². The van der Waals surface area contributed by atoms with Crippen LogP contribution in [-0.2, 0) is 4.74 Å². The predicted octanol–water partition coefficient (Wildman–Crippen LogP) is 4.14. The summed E-state index contributed by atoms with van der Waals surface area (Å²) in [6.07, 6.45) is 10.8. The Labute approximate surface area is 114 Å². The Morgan fingerprint density at radius 1 is 1.28 bits per heavy atom. The Bertz CT molecular complexity index is 209. The third-order valence-electron chi connectivity index (χ3n) is 4.42. The monoisotopic (exact) mass is 255 g/mol. The molecule has 0 radical (unpaired) electrons. The van der Waals surface area contributed by atoms with Gasteiger partial charge in [-0.3, -0.25) is 0 Å². The molecule has 0 amide bonds. The van der Waals surface area contributed by atoms with Crippen molar-refractivity contribution in [3.05, 3.63) is 0 Å². The van der Waals surface area contributed by atoms with E-state index in [-0.39, 0.29) is 5.60 Å². The molecule has 0 aromatic carbocycles. The molecular formula is C16H33NO. The van der Waals surface area contributed by atoms with Gasteiger partial charge >= 0.3 is 0 Å². The van der Waals surface area contributed by atoms with E-state index in [1.54, 1.807) is 0 Å². The van der Waals surface area contributed by atoms with E-state index in [0.29, 0.717) is 6.04 Å². The molecule has 0 aromatic heterocycles. The van der Waals surface area contributed by atoms with Gasteiger partial charge in [-0.15, -0.1) is 0 Å². The smallest absolute Gasteiger partial charge is 0.0623 e. The fourth-order valence-electron chi connectivity index (χ4n) is 2.92. The standard InChI is InChI=1S/C16H33NO/c1-5-12-17-15(10-11-16(2,3)18-4)13-14-8-6-7-9-14/h14-15,17H,5-13H2,1-4H3. The summed E-state index contributed by atoms with van der Waals surface area (Å²) in [6, 6.07) is 0.697. The highest BCUT2D eigenvalue weighted by Crippen LogP contribution is 2.30. The van der Waals surface area contributed by atoms with Gasteiger partial charge in [-0.05, 0) is 52.0 Å². The number of hydrogen-bond acceptors (Lipinski definition) is 2. The zero-order valence-electron chi connectivity index (χ0n) is 12.9. The van der Waals surface area contributed by atoms with Crippen LogP contribution in [0.2, 0.25) is 0 Å². The van der Waals surface area contributed by atoms with Crippen LogP contribution in [0.1, 0.15) is 72.1 Å². The van der Waals surface area contributed by atoms with Gasteiger partial charge in [-0.2, -0.15) is 0 Å². The van der Waals surface area contributed by atoms with E-state index in [4.69, 9.17) is 4.74 Å². The molecule has 0 heterocycles. The first-order valence-electron chi connectivity index (χ1n) is 7.86. The van der Waals surface area contributed by atoms with Crippen molar-refractivity contribution in [3.63, 3.8) is 0 Å². The lowest BCUT2D eigenvalue weighted by molar-refractivity contribution is 0.0111. The fourth-order valence-corrected chi connectivity index (χ4v) is 2.92. The highest BCUT2D eigenvalue weighted by molar-refractivity contribution is 4.79. The summed E-state index contributed by atoms with van der Waals surface area (Å²) in [6.45, 7) is 7.79. The molecule has 1 saturated carbocycles. The third-order valence-corrected chi connectivity index (χ3v) is 4.42. The molecule has 1 N–H and O–H groups in total. The maximum Gasteiger partial charge on any atom is 0.0623 e. The Kier molecular flexibility index (Phi) is 7.25. The highest BCUT2D eigenvalue weighted by atomic mass is 16.5. The normalized spacial score (nSPS) is 19.3.